The molecular weight excluding hydrogens is 212 g/mol. The van der Waals surface area contributed by atoms with Crippen molar-refractivity contribution in [1.29, 1.82) is 0 Å². The van der Waals surface area contributed by atoms with E-state index in [0.717, 1.165) is 12.1 Å². The van der Waals surface area contributed by atoms with Crippen molar-refractivity contribution in [2.45, 2.75) is 32.3 Å². The number of hydrogen-bond donors (Lipinski definition) is 2. The lowest BCUT2D eigenvalue weighted by Crippen LogP contribution is -2.23. The maximum Gasteiger partial charge on any atom is 0.0618 e. The van der Waals surface area contributed by atoms with Crippen molar-refractivity contribution in [2.24, 2.45) is 16.9 Å². The van der Waals surface area contributed by atoms with Crippen molar-refractivity contribution in [3.8, 4) is 0 Å². The second-order valence-corrected chi connectivity index (χ2v) is 4.65. The first-order chi connectivity index (χ1) is 8.31. The number of hydrogen-bond acceptors (Lipinski definition) is 3. The lowest BCUT2D eigenvalue weighted by Gasteiger charge is -2.16. The van der Waals surface area contributed by atoms with Gasteiger partial charge in [0, 0.05) is 12.1 Å². The molecule has 1 aliphatic carbocycles. The van der Waals surface area contributed by atoms with Crippen molar-refractivity contribution < 1.29 is 5.11 Å². The predicted octanol–water partition coefficient (Wildman–Crippen LogP) is 2.88. The number of nitrogens with zero attached hydrogens (tertiary/aromatic N) is 1. The van der Waals surface area contributed by atoms with E-state index >= 15 is 0 Å². The minimum atomic E-state index is -0.260. The molecule has 0 aromatic heterocycles. The van der Waals surface area contributed by atoms with Crippen LogP contribution in [0.1, 0.15) is 26.2 Å². The summed E-state index contributed by atoms with van der Waals surface area (Å²) in [5.74, 6) is 0.836. The van der Waals surface area contributed by atoms with Gasteiger partial charge in [-0.25, -0.2) is 0 Å². The molecule has 2 rings (SSSR count). The van der Waals surface area contributed by atoms with Crippen LogP contribution in [-0.2, 0) is 0 Å². The van der Waals surface area contributed by atoms with Crippen LogP contribution < -0.4 is 5.43 Å². The van der Waals surface area contributed by atoms with Crippen LogP contribution in [0, 0.1) is 11.8 Å². The number of nitrogens with one attached hydrogen (secondary N) is 1. The van der Waals surface area contributed by atoms with Crippen LogP contribution in [0.2, 0.25) is 0 Å². The standard InChI is InChI=1S/C14H20N2O/c1-2-14(17)13(11-8-9-11)10-15-16-12-6-4-3-5-7-12/h3-7,10-11,13-14,16-17H,2,8-9H2,1H3/b15-10+. The fraction of sp³-hybridized carbons (Fsp3) is 0.500. The third-order valence-corrected chi connectivity index (χ3v) is 3.24. The van der Waals surface area contributed by atoms with E-state index in [1.165, 1.54) is 12.8 Å². The highest BCUT2D eigenvalue weighted by Gasteiger charge is 2.34. The number of aliphatic hydroxyl groups is 1. The second-order valence-electron chi connectivity index (χ2n) is 4.65. The number of rotatable bonds is 6. The van der Waals surface area contributed by atoms with E-state index in [2.05, 4.69) is 10.5 Å². The van der Waals surface area contributed by atoms with E-state index in [4.69, 9.17) is 0 Å². The Hall–Kier alpha value is -1.35. The summed E-state index contributed by atoms with van der Waals surface area (Å²) in [6.45, 7) is 2.01. The Morgan fingerprint density at radius 3 is 2.71 bits per heavy atom. The Labute approximate surface area is 103 Å². The first-order valence-corrected chi connectivity index (χ1v) is 6.33. The molecule has 0 saturated heterocycles. The molecule has 1 aromatic rings. The second kappa shape index (κ2) is 5.82. The van der Waals surface area contributed by atoms with Gasteiger partial charge < -0.3 is 5.11 Å². The van der Waals surface area contributed by atoms with Gasteiger partial charge in [0.15, 0.2) is 0 Å². The fourth-order valence-corrected chi connectivity index (χ4v) is 2.00. The van der Waals surface area contributed by atoms with E-state index < -0.39 is 0 Å². The van der Waals surface area contributed by atoms with Gasteiger partial charge in [0.05, 0.1) is 11.8 Å². The van der Waals surface area contributed by atoms with Crippen molar-refractivity contribution in [3.05, 3.63) is 30.3 Å². The van der Waals surface area contributed by atoms with E-state index in [9.17, 15) is 5.11 Å². The summed E-state index contributed by atoms with van der Waals surface area (Å²) in [7, 11) is 0. The van der Waals surface area contributed by atoms with Gasteiger partial charge in [-0.05, 0) is 37.3 Å². The summed E-state index contributed by atoms with van der Waals surface area (Å²) >= 11 is 0. The van der Waals surface area contributed by atoms with Crippen molar-refractivity contribution >= 4 is 11.9 Å². The van der Waals surface area contributed by atoms with Gasteiger partial charge in [0.2, 0.25) is 0 Å². The molecule has 0 amide bonds. The summed E-state index contributed by atoms with van der Waals surface area (Å²) in [5.41, 5.74) is 3.97. The number of benzene rings is 1. The molecule has 1 saturated carbocycles. The summed E-state index contributed by atoms with van der Waals surface area (Å²) in [4.78, 5) is 0. The first-order valence-electron chi connectivity index (χ1n) is 6.33. The molecule has 17 heavy (non-hydrogen) atoms. The molecule has 0 radical (unpaired) electrons. The highest BCUT2D eigenvalue weighted by atomic mass is 16.3. The van der Waals surface area contributed by atoms with Crippen LogP contribution >= 0.6 is 0 Å². The number of aliphatic hydroxyl groups excluding tert-OH is 1. The molecule has 1 fully saturated rings. The van der Waals surface area contributed by atoms with Gasteiger partial charge in [0.1, 0.15) is 0 Å². The van der Waals surface area contributed by atoms with Gasteiger partial charge in [0.25, 0.3) is 0 Å². The molecule has 2 unspecified atom stereocenters. The summed E-state index contributed by atoms with van der Waals surface area (Å²) in [6.07, 6.45) is 4.85. The summed E-state index contributed by atoms with van der Waals surface area (Å²) in [5, 5.41) is 14.1. The predicted molar refractivity (Wildman–Crippen MR) is 71.1 cm³/mol. The molecule has 0 spiro atoms. The van der Waals surface area contributed by atoms with E-state index in [1.54, 1.807) is 0 Å². The smallest absolute Gasteiger partial charge is 0.0618 e. The lowest BCUT2D eigenvalue weighted by molar-refractivity contribution is 0.126. The SMILES string of the molecule is CCC(O)C(/C=N/Nc1ccccc1)C1CC1. The largest absolute Gasteiger partial charge is 0.392 e. The van der Waals surface area contributed by atoms with Gasteiger partial charge in [-0.3, -0.25) is 5.43 Å². The van der Waals surface area contributed by atoms with Gasteiger partial charge in [-0.1, -0.05) is 25.1 Å². The molecule has 3 nitrogen and oxygen atoms in total. The monoisotopic (exact) mass is 232 g/mol. The van der Waals surface area contributed by atoms with Crippen LogP contribution in [0.5, 0.6) is 0 Å². The Morgan fingerprint density at radius 1 is 1.41 bits per heavy atom. The van der Waals surface area contributed by atoms with Crippen LogP contribution in [-0.4, -0.2) is 17.4 Å². The molecule has 1 aliphatic rings. The summed E-state index contributed by atoms with van der Waals surface area (Å²) < 4.78 is 0. The minimum Gasteiger partial charge on any atom is -0.392 e. The Morgan fingerprint density at radius 2 is 2.12 bits per heavy atom. The number of para-hydroxylation sites is 1. The van der Waals surface area contributed by atoms with Crippen molar-refractivity contribution in [3.63, 3.8) is 0 Å². The summed E-state index contributed by atoms with van der Waals surface area (Å²) in [6, 6.07) is 9.86. The Bertz CT molecular complexity index is 360. The molecule has 2 atom stereocenters. The van der Waals surface area contributed by atoms with Crippen LogP contribution in [0.3, 0.4) is 0 Å². The molecule has 0 aliphatic heterocycles. The van der Waals surface area contributed by atoms with Crippen LogP contribution in [0.4, 0.5) is 5.69 Å². The zero-order chi connectivity index (χ0) is 12.1. The molecule has 3 heteroatoms. The van der Waals surface area contributed by atoms with E-state index in [1.807, 2.05) is 43.5 Å². The molecule has 2 N–H and O–H groups in total. The van der Waals surface area contributed by atoms with Crippen molar-refractivity contribution in [2.75, 3.05) is 5.43 Å². The lowest BCUT2D eigenvalue weighted by atomic mass is 9.96. The molecule has 1 aromatic carbocycles. The highest BCUT2D eigenvalue weighted by Crippen LogP contribution is 2.38. The third-order valence-electron chi connectivity index (χ3n) is 3.24. The topological polar surface area (TPSA) is 44.6 Å². The van der Waals surface area contributed by atoms with E-state index in [0.29, 0.717) is 5.92 Å². The average molecular weight is 232 g/mol. The first kappa shape index (κ1) is 12.1. The highest BCUT2D eigenvalue weighted by molar-refractivity contribution is 5.64. The molecular formula is C14H20N2O. The van der Waals surface area contributed by atoms with Gasteiger partial charge in [-0.15, -0.1) is 0 Å². The third kappa shape index (κ3) is 3.56. The van der Waals surface area contributed by atoms with E-state index in [-0.39, 0.29) is 12.0 Å². The Balaban J connectivity index is 1.89. The quantitative estimate of drug-likeness (QED) is 0.585. The maximum atomic E-state index is 9.91. The number of anilines is 1. The minimum absolute atomic E-state index is 0.205. The van der Waals surface area contributed by atoms with Gasteiger partial charge in [-0.2, -0.15) is 5.10 Å². The zero-order valence-electron chi connectivity index (χ0n) is 10.2. The molecule has 0 bridgehead atoms. The number of hydrazone groups is 1. The fourth-order valence-electron chi connectivity index (χ4n) is 2.00. The average Bonchev–Trinajstić information content (AvgIpc) is 3.19. The van der Waals surface area contributed by atoms with Crippen LogP contribution in [0.15, 0.2) is 35.4 Å². The zero-order valence-corrected chi connectivity index (χ0v) is 10.2. The van der Waals surface area contributed by atoms with Crippen molar-refractivity contribution in [1.82, 2.24) is 0 Å². The van der Waals surface area contributed by atoms with Gasteiger partial charge >= 0.3 is 0 Å². The molecule has 0 heterocycles. The Kier molecular flexibility index (Phi) is 4.15. The maximum absolute atomic E-state index is 9.91. The molecule has 92 valence electrons. The normalized spacial score (nSPS) is 19.2. The van der Waals surface area contributed by atoms with Crippen LogP contribution in [0.25, 0.3) is 0 Å².